The average molecular weight is 405 g/mol. The zero-order valence-electron chi connectivity index (χ0n) is 16.4. The summed E-state index contributed by atoms with van der Waals surface area (Å²) < 4.78 is 38.8. The SMILES string of the molecule is COc1ccc2c(c1)C(C(=O)O)CN2S(=O)(=O)c1c(C)cc(OC)c(C)c1C. The number of hydrogen-bond acceptors (Lipinski definition) is 5. The Morgan fingerprint density at radius 2 is 1.79 bits per heavy atom. The van der Waals surface area contributed by atoms with E-state index in [1.165, 1.54) is 18.5 Å². The molecule has 0 aromatic heterocycles. The van der Waals surface area contributed by atoms with E-state index in [1.54, 1.807) is 45.0 Å². The minimum absolute atomic E-state index is 0.163. The minimum atomic E-state index is -3.97. The highest BCUT2D eigenvalue weighted by atomic mass is 32.2. The molecule has 1 aliphatic heterocycles. The molecular weight excluding hydrogens is 382 g/mol. The molecule has 2 aromatic carbocycles. The molecule has 0 bridgehead atoms. The number of sulfonamides is 1. The van der Waals surface area contributed by atoms with Gasteiger partial charge in [-0.3, -0.25) is 9.10 Å². The fraction of sp³-hybridized carbons (Fsp3) is 0.350. The number of aliphatic carboxylic acids is 1. The molecule has 0 radical (unpaired) electrons. The summed E-state index contributed by atoms with van der Waals surface area (Å²) in [5.41, 5.74) is 2.66. The van der Waals surface area contributed by atoms with Gasteiger partial charge in [0.2, 0.25) is 0 Å². The van der Waals surface area contributed by atoms with Crippen LogP contribution < -0.4 is 13.8 Å². The summed E-state index contributed by atoms with van der Waals surface area (Å²) in [4.78, 5) is 11.9. The molecule has 3 rings (SSSR count). The summed E-state index contributed by atoms with van der Waals surface area (Å²) in [6.45, 7) is 5.08. The van der Waals surface area contributed by atoms with Crippen LogP contribution in [0.5, 0.6) is 11.5 Å². The van der Waals surface area contributed by atoms with E-state index >= 15 is 0 Å². The van der Waals surface area contributed by atoms with Gasteiger partial charge in [-0.1, -0.05) is 0 Å². The summed E-state index contributed by atoms with van der Waals surface area (Å²) in [7, 11) is -0.955. The van der Waals surface area contributed by atoms with E-state index < -0.39 is 21.9 Å². The number of ether oxygens (including phenoxy) is 2. The molecule has 2 aromatic rings. The molecule has 28 heavy (non-hydrogen) atoms. The van der Waals surface area contributed by atoms with Crippen LogP contribution in [0, 0.1) is 20.8 Å². The number of benzene rings is 2. The molecular formula is C20H23NO6S. The molecule has 0 amide bonds. The maximum atomic E-state index is 13.6. The molecule has 7 nitrogen and oxygen atoms in total. The Morgan fingerprint density at radius 1 is 1.11 bits per heavy atom. The number of aryl methyl sites for hydroxylation is 1. The van der Waals surface area contributed by atoms with E-state index in [1.807, 2.05) is 0 Å². The van der Waals surface area contributed by atoms with E-state index in [-0.39, 0.29) is 11.4 Å². The first-order valence-electron chi connectivity index (χ1n) is 8.71. The number of fused-ring (bicyclic) bond motifs is 1. The third kappa shape index (κ3) is 2.97. The quantitative estimate of drug-likeness (QED) is 0.822. The summed E-state index contributed by atoms with van der Waals surface area (Å²) in [5.74, 6) is -0.938. The molecule has 8 heteroatoms. The number of hydrogen-bond donors (Lipinski definition) is 1. The van der Waals surface area contributed by atoms with E-state index in [0.717, 1.165) is 5.56 Å². The average Bonchev–Trinajstić information content (AvgIpc) is 3.04. The van der Waals surface area contributed by atoms with Crippen molar-refractivity contribution in [3.8, 4) is 11.5 Å². The molecule has 0 spiro atoms. The molecule has 1 aliphatic rings. The number of carboxylic acid groups (broad SMARTS) is 1. The van der Waals surface area contributed by atoms with Gasteiger partial charge in [-0.15, -0.1) is 0 Å². The Morgan fingerprint density at radius 3 is 2.36 bits per heavy atom. The second-order valence-corrected chi connectivity index (χ2v) is 8.63. The Balaban J connectivity index is 2.20. The van der Waals surface area contributed by atoms with E-state index in [2.05, 4.69) is 0 Å². The lowest BCUT2D eigenvalue weighted by Crippen LogP contribution is -2.32. The van der Waals surface area contributed by atoms with Crippen LogP contribution in [0.4, 0.5) is 5.69 Å². The third-order valence-electron chi connectivity index (χ3n) is 5.27. The van der Waals surface area contributed by atoms with Gasteiger partial charge in [-0.2, -0.15) is 0 Å². The number of nitrogens with zero attached hydrogens (tertiary/aromatic N) is 1. The van der Waals surface area contributed by atoms with Gasteiger partial charge >= 0.3 is 5.97 Å². The van der Waals surface area contributed by atoms with Crippen molar-refractivity contribution < 1.29 is 27.8 Å². The Bertz CT molecular complexity index is 1060. The van der Waals surface area contributed by atoms with Crippen LogP contribution in [0.25, 0.3) is 0 Å². The molecule has 1 heterocycles. The largest absolute Gasteiger partial charge is 0.497 e. The van der Waals surface area contributed by atoms with Crippen molar-refractivity contribution in [2.45, 2.75) is 31.6 Å². The molecule has 0 saturated carbocycles. The lowest BCUT2D eigenvalue weighted by atomic mass is 10.0. The molecule has 1 atom stereocenters. The smallest absolute Gasteiger partial charge is 0.312 e. The Kier molecular flexibility index (Phi) is 5.01. The van der Waals surface area contributed by atoms with Crippen LogP contribution in [-0.2, 0) is 14.8 Å². The van der Waals surface area contributed by atoms with Gasteiger partial charge in [-0.25, -0.2) is 8.42 Å². The van der Waals surface area contributed by atoms with Gasteiger partial charge in [0.25, 0.3) is 10.0 Å². The highest BCUT2D eigenvalue weighted by Crippen LogP contribution is 2.43. The van der Waals surface area contributed by atoms with Crippen LogP contribution in [0.15, 0.2) is 29.2 Å². The van der Waals surface area contributed by atoms with Gasteiger partial charge < -0.3 is 14.6 Å². The van der Waals surface area contributed by atoms with Gasteiger partial charge in [0.1, 0.15) is 17.4 Å². The van der Waals surface area contributed by atoms with Crippen molar-refractivity contribution >= 4 is 21.7 Å². The van der Waals surface area contributed by atoms with Crippen molar-refractivity contribution in [3.05, 3.63) is 46.5 Å². The van der Waals surface area contributed by atoms with Crippen LogP contribution in [-0.4, -0.2) is 40.3 Å². The minimum Gasteiger partial charge on any atom is -0.497 e. The third-order valence-corrected chi connectivity index (χ3v) is 7.34. The normalized spacial score (nSPS) is 16.0. The Labute approximate surface area is 164 Å². The van der Waals surface area contributed by atoms with Crippen molar-refractivity contribution in [2.75, 3.05) is 25.1 Å². The fourth-order valence-electron chi connectivity index (χ4n) is 3.71. The highest BCUT2D eigenvalue weighted by molar-refractivity contribution is 7.93. The Hall–Kier alpha value is -2.74. The van der Waals surface area contributed by atoms with Crippen molar-refractivity contribution in [1.29, 1.82) is 0 Å². The summed E-state index contributed by atoms with van der Waals surface area (Å²) in [6, 6.07) is 6.50. The first-order valence-corrected chi connectivity index (χ1v) is 10.2. The second kappa shape index (κ2) is 7.01. The first kappa shape index (κ1) is 20.0. The molecule has 1 unspecified atom stereocenters. The second-order valence-electron chi connectivity index (χ2n) is 6.83. The van der Waals surface area contributed by atoms with Crippen LogP contribution >= 0.6 is 0 Å². The zero-order valence-corrected chi connectivity index (χ0v) is 17.3. The van der Waals surface area contributed by atoms with Gasteiger partial charge in [-0.05, 0) is 67.3 Å². The highest BCUT2D eigenvalue weighted by Gasteiger charge is 2.41. The lowest BCUT2D eigenvalue weighted by molar-refractivity contribution is -0.138. The van der Waals surface area contributed by atoms with Crippen LogP contribution in [0.1, 0.15) is 28.2 Å². The predicted molar refractivity (Wildman–Crippen MR) is 105 cm³/mol. The monoisotopic (exact) mass is 405 g/mol. The zero-order chi connectivity index (χ0) is 20.8. The molecule has 0 aliphatic carbocycles. The number of anilines is 1. The van der Waals surface area contributed by atoms with Gasteiger partial charge in [0, 0.05) is 0 Å². The van der Waals surface area contributed by atoms with E-state index in [9.17, 15) is 18.3 Å². The van der Waals surface area contributed by atoms with Crippen molar-refractivity contribution in [2.24, 2.45) is 0 Å². The number of carbonyl (C=O) groups is 1. The summed E-state index contributed by atoms with van der Waals surface area (Å²) in [5, 5.41) is 9.62. The summed E-state index contributed by atoms with van der Waals surface area (Å²) in [6.07, 6.45) is 0. The number of methoxy groups -OCH3 is 2. The van der Waals surface area contributed by atoms with E-state index in [0.29, 0.717) is 33.9 Å². The number of rotatable bonds is 5. The molecule has 0 fully saturated rings. The van der Waals surface area contributed by atoms with Crippen molar-refractivity contribution in [3.63, 3.8) is 0 Å². The molecule has 150 valence electrons. The van der Waals surface area contributed by atoms with Crippen LogP contribution in [0.2, 0.25) is 0 Å². The lowest BCUT2D eigenvalue weighted by Gasteiger charge is -2.24. The number of carboxylic acids is 1. The molecule has 1 N–H and O–H groups in total. The van der Waals surface area contributed by atoms with Gasteiger partial charge in [0.05, 0.1) is 31.3 Å². The maximum Gasteiger partial charge on any atom is 0.312 e. The predicted octanol–water partition coefficient (Wildman–Crippen LogP) is 3.01. The standard InChI is InChI=1S/C20H23NO6S/c1-11-8-18(27-5)12(2)13(3)19(11)28(24,25)21-10-16(20(22)23)15-9-14(26-4)6-7-17(15)21/h6-9,16H,10H2,1-5H3,(H,22,23). The first-order chi connectivity index (χ1) is 13.1. The topological polar surface area (TPSA) is 93.1 Å². The molecule has 0 saturated heterocycles. The maximum absolute atomic E-state index is 13.6. The summed E-state index contributed by atoms with van der Waals surface area (Å²) >= 11 is 0. The fourth-order valence-corrected chi connectivity index (χ4v) is 5.70. The van der Waals surface area contributed by atoms with Crippen molar-refractivity contribution in [1.82, 2.24) is 0 Å². The van der Waals surface area contributed by atoms with E-state index in [4.69, 9.17) is 9.47 Å². The van der Waals surface area contributed by atoms with Crippen LogP contribution in [0.3, 0.4) is 0 Å². The van der Waals surface area contributed by atoms with Gasteiger partial charge in [0.15, 0.2) is 0 Å².